The molecule has 0 N–H and O–H groups in total. The summed E-state index contributed by atoms with van der Waals surface area (Å²) in [7, 11) is 0. The van der Waals surface area contributed by atoms with Crippen molar-refractivity contribution in [2.24, 2.45) is 5.41 Å². The standard InChI is InChI=1S/C21H25N3O3/c1-14-9-17(23-15(2)22-14)20(25)24-8-4-7-21(3,12-24)11-16-5-6-18-19(10-16)27-13-26-18/h5-6,9-10H,4,7-8,11-13H2,1-3H3. The summed E-state index contributed by atoms with van der Waals surface area (Å²) in [5.74, 6) is 2.25. The van der Waals surface area contributed by atoms with E-state index in [9.17, 15) is 4.79 Å². The van der Waals surface area contributed by atoms with Crippen molar-refractivity contribution in [1.82, 2.24) is 14.9 Å². The zero-order valence-electron chi connectivity index (χ0n) is 16.1. The molecule has 1 saturated heterocycles. The number of fused-ring (bicyclic) bond motifs is 1. The van der Waals surface area contributed by atoms with Crippen LogP contribution >= 0.6 is 0 Å². The molecule has 0 saturated carbocycles. The van der Waals surface area contributed by atoms with Gasteiger partial charge >= 0.3 is 0 Å². The Morgan fingerprint density at radius 2 is 2.00 bits per heavy atom. The van der Waals surface area contributed by atoms with Crippen LogP contribution in [0.2, 0.25) is 0 Å². The number of likely N-dealkylation sites (tertiary alicyclic amines) is 1. The Bertz CT molecular complexity index is 863. The van der Waals surface area contributed by atoms with E-state index in [4.69, 9.17) is 9.47 Å². The zero-order valence-corrected chi connectivity index (χ0v) is 16.1. The lowest BCUT2D eigenvalue weighted by atomic mass is 9.77. The third kappa shape index (κ3) is 3.75. The molecule has 2 aliphatic heterocycles. The molecule has 1 amide bonds. The number of ether oxygens (including phenoxy) is 2. The van der Waals surface area contributed by atoms with Gasteiger partial charge in [0, 0.05) is 18.8 Å². The second-order valence-electron chi connectivity index (χ2n) is 7.95. The topological polar surface area (TPSA) is 64.6 Å². The van der Waals surface area contributed by atoms with E-state index < -0.39 is 0 Å². The van der Waals surface area contributed by atoms with Crippen LogP contribution in [0.15, 0.2) is 24.3 Å². The summed E-state index contributed by atoms with van der Waals surface area (Å²) in [6.07, 6.45) is 2.98. The highest BCUT2D eigenvalue weighted by molar-refractivity contribution is 5.92. The van der Waals surface area contributed by atoms with E-state index in [-0.39, 0.29) is 18.1 Å². The fourth-order valence-corrected chi connectivity index (χ4v) is 4.17. The number of carbonyl (C=O) groups excluding carboxylic acids is 1. The minimum absolute atomic E-state index is 0.000196. The SMILES string of the molecule is Cc1cc(C(=O)N2CCCC(C)(Cc3ccc4c(c3)OCO4)C2)nc(C)n1. The lowest BCUT2D eigenvalue weighted by Crippen LogP contribution is -2.46. The van der Waals surface area contributed by atoms with Crippen molar-refractivity contribution in [3.63, 3.8) is 0 Å². The Morgan fingerprint density at radius 1 is 1.19 bits per heavy atom. The van der Waals surface area contributed by atoms with E-state index in [2.05, 4.69) is 29.0 Å². The summed E-state index contributed by atoms with van der Waals surface area (Å²) >= 11 is 0. The summed E-state index contributed by atoms with van der Waals surface area (Å²) in [6, 6.07) is 7.90. The van der Waals surface area contributed by atoms with Crippen LogP contribution in [0, 0.1) is 19.3 Å². The molecular weight excluding hydrogens is 342 g/mol. The van der Waals surface area contributed by atoms with Crippen molar-refractivity contribution in [1.29, 1.82) is 0 Å². The van der Waals surface area contributed by atoms with Crippen LogP contribution in [-0.2, 0) is 6.42 Å². The maximum atomic E-state index is 13.0. The highest BCUT2D eigenvalue weighted by Gasteiger charge is 2.34. The predicted molar refractivity (Wildman–Crippen MR) is 101 cm³/mol. The summed E-state index contributed by atoms with van der Waals surface area (Å²) < 4.78 is 10.9. The highest BCUT2D eigenvalue weighted by atomic mass is 16.7. The number of hydrogen-bond acceptors (Lipinski definition) is 5. The van der Waals surface area contributed by atoms with Gasteiger partial charge in [-0.3, -0.25) is 4.79 Å². The first-order valence-corrected chi connectivity index (χ1v) is 9.42. The monoisotopic (exact) mass is 367 g/mol. The molecule has 27 heavy (non-hydrogen) atoms. The van der Waals surface area contributed by atoms with Crippen molar-refractivity contribution in [3.05, 3.63) is 47.0 Å². The highest BCUT2D eigenvalue weighted by Crippen LogP contribution is 2.37. The predicted octanol–water partition coefficient (Wildman–Crippen LogP) is 3.31. The first-order chi connectivity index (χ1) is 12.9. The quantitative estimate of drug-likeness (QED) is 0.833. The van der Waals surface area contributed by atoms with E-state index in [0.29, 0.717) is 11.5 Å². The minimum atomic E-state index is 0.000196. The molecule has 0 bridgehead atoms. The van der Waals surface area contributed by atoms with Crippen molar-refractivity contribution in [2.75, 3.05) is 19.9 Å². The van der Waals surface area contributed by atoms with Crippen LogP contribution in [0.1, 0.15) is 47.3 Å². The average Bonchev–Trinajstić information content (AvgIpc) is 3.07. The second-order valence-corrected chi connectivity index (χ2v) is 7.95. The zero-order chi connectivity index (χ0) is 19.0. The van der Waals surface area contributed by atoms with Crippen molar-refractivity contribution in [2.45, 2.75) is 40.0 Å². The van der Waals surface area contributed by atoms with Gasteiger partial charge in [0.15, 0.2) is 11.5 Å². The molecule has 1 atom stereocenters. The summed E-state index contributed by atoms with van der Waals surface area (Å²) in [5, 5.41) is 0. The molecule has 1 unspecified atom stereocenters. The van der Waals surface area contributed by atoms with Crippen LogP contribution in [0.25, 0.3) is 0 Å². The number of benzene rings is 1. The van der Waals surface area contributed by atoms with Gasteiger partial charge in [-0.05, 0) is 62.3 Å². The van der Waals surface area contributed by atoms with Crippen LogP contribution < -0.4 is 9.47 Å². The Balaban J connectivity index is 1.50. The van der Waals surface area contributed by atoms with Gasteiger partial charge in [-0.1, -0.05) is 13.0 Å². The number of hydrogen-bond donors (Lipinski definition) is 0. The van der Waals surface area contributed by atoms with Crippen molar-refractivity contribution in [3.8, 4) is 11.5 Å². The Hall–Kier alpha value is -2.63. The van der Waals surface area contributed by atoms with Gasteiger partial charge in [-0.15, -0.1) is 0 Å². The van der Waals surface area contributed by atoms with Gasteiger partial charge in [-0.2, -0.15) is 0 Å². The molecule has 6 nitrogen and oxygen atoms in total. The lowest BCUT2D eigenvalue weighted by Gasteiger charge is -2.40. The molecule has 142 valence electrons. The normalized spacial score (nSPS) is 21.4. The van der Waals surface area contributed by atoms with E-state index in [0.717, 1.165) is 49.5 Å². The molecule has 2 aliphatic rings. The molecule has 1 fully saturated rings. The van der Waals surface area contributed by atoms with Crippen LogP contribution in [0.4, 0.5) is 0 Å². The van der Waals surface area contributed by atoms with Gasteiger partial charge in [0.25, 0.3) is 5.91 Å². The molecule has 2 aromatic rings. The largest absolute Gasteiger partial charge is 0.454 e. The van der Waals surface area contributed by atoms with E-state index in [1.165, 1.54) is 5.56 Å². The summed E-state index contributed by atoms with van der Waals surface area (Å²) in [6.45, 7) is 7.76. The smallest absolute Gasteiger partial charge is 0.272 e. The second kappa shape index (κ2) is 6.83. The number of amides is 1. The summed E-state index contributed by atoms with van der Waals surface area (Å²) in [4.78, 5) is 23.6. The molecule has 1 aromatic carbocycles. The van der Waals surface area contributed by atoms with E-state index >= 15 is 0 Å². The Kier molecular flexibility index (Phi) is 4.50. The number of aromatic nitrogens is 2. The first kappa shape index (κ1) is 17.8. The molecule has 0 spiro atoms. The van der Waals surface area contributed by atoms with Gasteiger partial charge in [0.2, 0.25) is 6.79 Å². The van der Waals surface area contributed by atoms with Gasteiger partial charge in [-0.25, -0.2) is 9.97 Å². The number of aryl methyl sites for hydroxylation is 2. The lowest BCUT2D eigenvalue weighted by molar-refractivity contribution is 0.0544. The van der Waals surface area contributed by atoms with Gasteiger partial charge < -0.3 is 14.4 Å². The summed E-state index contributed by atoms with van der Waals surface area (Å²) in [5.41, 5.74) is 2.56. The minimum Gasteiger partial charge on any atom is -0.454 e. The molecular formula is C21H25N3O3. The third-order valence-corrected chi connectivity index (χ3v) is 5.32. The maximum Gasteiger partial charge on any atom is 0.272 e. The average molecular weight is 367 g/mol. The first-order valence-electron chi connectivity index (χ1n) is 9.42. The Labute approximate surface area is 159 Å². The molecule has 1 aromatic heterocycles. The van der Waals surface area contributed by atoms with Crippen LogP contribution in [-0.4, -0.2) is 40.7 Å². The van der Waals surface area contributed by atoms with Crippen molar-refractivity contribution >= 4 is 5.91 Å². The maximum absolute atomic E-state index is 13.0. The van der Waals surface area contributed by atoms with Crippen molar-refractivity contribution < 1.29 is 14.3 Å². The van der Waals surface area contributed by atoms with Gasteiger partial charge in [0.05, 0.1) is 0 Å². The fraction of sp³-hybridized carbons (Fsp3) is 0.476. The van der Waals surface area contributed by atoms with Crippen LogP contribution in [0.5, 0.6) is 11.5 Å². The third-order valence-electron chi connectivity index (χ3n) is 5.32. The van der Waals surface area contributed by atoms with E-state index in [1.54, 1.807) is 6.07 Å². The van der Waals surface area contributed by atoms with Gasteiger partial charge in [0.1, 0.15) is 11.5 Å². The molecule has 4 rings (SSSR count). The molecule has 0 radical (unpaired) electrons. The van der Waals surface area contributed by atoms with Crippen LogP contribution in [0.3, 0.4) is 0 Å². The number of carbonyl (C=O) groups is 1. The number of nitrogens with zero attached hydrogens (tertiary/aromatic N) is 3. The fourth-order valence-electron chi connectivity index (χ4n) is 4.17. The molecule has 6 heteroatoms. The molecule has 3 heterocycles. The molecule has 0 aliphatic carbocycles. The number of piperidine rings is 1. The Morgan fingerprint density at radius 3 is 2.81 bits per heavy atom. The number of rotatable bonds is 3. The van der Waals surface area contributed by atoms with E-state index in [1.807, 2.05) is 24.8 Å².